The molecular formula is C24H30N4O5. The number of piperazine rings is 1. The quantitative estimate of drug-likeness (QED) is 0.353. The van der Waals surface area contributed by atoms with E-state index < -0.39 is 5.97 Å². The lowest BCUT2D eigenvalue weighted by atomic mass is 10.1. The number of carbonyl (C=O) groups is 2. The van der Waals surface area contributed by atoms with E-state index in [0.717, 1.165) is 44.0 Å². The van der Waals surface area contributed by atoms with Crippen molar-refractivity contribution in [1.29, 1.82) is 0 Å². The third kappa shape index (κ3) is 5.55. The van der Waals surface area contributed by atoms with E-state index in [4.69, 9.17) is 19.9 Å². The fraction of sp³-hybridized carbons (Fsp3) is 0.417. The summed E-state index contributed by atoms with van der Waals surface area (Å²) >= 11 is 0. The first-order chi connectivity index (χ1) is 16.0. The number of ether oxygens (including phenoxy) is 3. The number of carbonyl (C=O) groups excluding carboxylic acids is 2. The van der Waals surface area contributed by atoms with Gasteiger partial charge in [0, 0.05) is 51.1 Å². The molecule has 176 valence electrons. The first-order valence-electron chi connectivity index (χ1n) is 11.1. The van der Waals surface area contributed by atoms with Crippen LogP contribution in [0.2, 0.25) is 0 Å². The number of rotatable bonds is 8. The molecule has 1 unspecified atom stereocenters. The summed E-state index contributed by atoms with van der Waals surface area (Å²) in [6.07, 6.45) is 0.781. The van der Waals surface area contributed by atoms with Gasteiger partial charge in [-0.2, -0.15) is 0 Å². The van der Waals surface area contributed by atoms with Crippen LogP contribution in [-0.2, 0) is 19.0 Å². The fourth-order valence-electron chi connectivity index (χ4n) is 4.15. The molecule has 4 rings (SSSR count). The Labute approximate surface area is 193 Å². The van der Waals surface area contributed by atoms with Crippen molar-refractivity contribution in [2.24, 2.45) is 0 Å². The SMILES string of the molecule is COCCOC(=O)c1ccc(Nc2cccc(N3CCN(C4CCOC4=O)CC3)c2)c(N)c1. The van der Waals surface area contributed by atoms with Gasteiger partial charge in [-0.05, 0) is 36.4 Å². The van der Waals surface area contributed by atoms with Crippen molar-refractivity contribution in [3.8, 4) is 0 Å². The number of nitrogens with two attached hydrogens (primary N) is 1. The maximum atomic E-state index is 12.1. The van der Waals surface area contributed by atoms with Crippen LogP contribution in [0.1, 0.15) is 16.8 Å². The predicted octanol–water partition coefficient (Wildman–Crippen LogP) is 2.25. The van der Waals surface area contributed by atoms with E-state index in [-0.39, 0.29) is 18.6 Å². The van der Waals surface area contributed by atoms with Crippen LogP contribution >= 0.6 is 0 Å². The van der Waals surface area contributed by atoms with Gasteiger partial charge in [-0.15, -0.1) is 0 Å². The van der Waals surface area contributed by atoms with E-state index in [9.17, 15) is 9.59 Å². The summed E-state index contributed by atoms with van der Waals surface area (Å²) in [5, 5.41) is 3.33. The van der Waals surface area contributed by atoms with Crippen molar-refractivity contribution in [1.82, 2.24) is 4.90 Å². The van der Waals surface area contributed by atoms with Gasteiger partial charge in [0.05, 0.1) is 30.2 Å². The first kappa shape index (κ1) is 22.9. The van der Waals surface area contributed by atoms with Crippen LogP contribution < -0.4 is 16.0 Å². The summed E-state index contributed by atoms with van der Waals surface area (Å²) in [6, 6.07) is 13.1. The minimum absolute atomic E-state index is 0.0941. The second kappa shape index (κ2) is 10.5. The number of methoxy groups -OCH3 is 1. The van der Waals surface area contributed by atoms with E-state index in [2.05, 4.69) is 27.2 Å². The smallest absolute Gasteiger partial charge is 0.338 e. The molecule has 0 radical (unpaired) electrons. The lowest BCUT2D eigenvalue weighted by Gasteiger charge is -2.37. The van der Waals surface area contributed by atoms with E-state index in [1.54, 1.807) is 25.3 Å². The summed E-state index contributed by atoms with van der Waals surface area (Å²) in [7, 11) is 1.55. The Hall–Kier alpha value is -3.30. The molecule has 9 nitrogen and oxygen atoms in total. The maximum absolute atomic E-state index is 12.1. The third-order valence-corrected chi connectivity index (χ3v) is 5.96. The summed E-state index contributed by atoms with van der Waals surface area (Å²) in [5.41, 5.74) is 9.75. The van der Waals surface area contributed by atoms with Crippen LogP contribution in [0, 0.1) is 0 Å². The largest absolute Gasteiger partial charge is 0.464 e. The highest BCUT2D eigenvalue weighted by atomic mass is 16.6. The molecule has 0 amide bonds. The number of anilines is 4. The highest BCUT2D eigenvalue weighted by Gasteiger charge is 2.34. The van der Waals surface area contributed by atoms with Gasteiger partial charge in [0.25, 0.3) is 0 Å². The lowest BCUT2D eigenvalue weighted by Crippen LogP contribution is -2.51. The summed E-state index contributed by atoms with van der Waals surface area (Å²) in [5.74, 6) is -0.529. The standard InChI is InChI=1S/C24H30N4O5/c1-31-13-14-33-23(29)17-5-6-21(20(25)15-17)26-18-3-2-4-19(16-18)27-8-10-28(11-9-27)22-7-12-32-24(22)30/h2-6,15-16,22,26H,7-14,25H2,1H3. The molecule has 2 fully saturated rings. The van der Waals surface area contributed by atoms with Crippen LogP contribution in [0.5, 0.6) is 0 Å². The minimum Gasteiger partial charge on any atom is -0.464 e. The van der Waals surface area contributed by atoms with Gasteiger partial charge in [-0.25, -0.2) is 4.79 Å². The maximum Gasteiger partial charge on any atom is 0.338 e. The van der Waals surface area contributed by atoms with Gasteiger partial charge < -0.3 is 30.2 Å². The molecule has 1 atom stereocenters. The zero-order chi connectivity index (χ0) is 23.2. The molecule has 9 heteroatoms. The minimum atomic E-state index is -0.433. The van der Waals surface area contributed by atoms with E-state index >= 15 is 0 Å². The highest BCUT2D eigenvalue weighted by molar-refractivity contribution is 5.92. The number of nitrogens with zero attached hydrogens (tertiary/aromatic N) is 2. The third-order valence-electron chi connectivity index (χ3n) is 5.96. The van der Waals surface area contributed by atoms with Crippen LogP contribution in [0.15, 0.2) is 42.5 Å². The number of esters is 2. The zero-order valence-corrected chi connectivity index (χ0v) is 18.8. The molecular weight excluding hydrogens is 424 g/mol. The van der Waals surface area contributed by atoms with Gasteiger partial charge in [0.2, 0.25) is 0 Å². The molecule has 33 heavy (non-hydrogen) atoms. The number of nitrogen functional groups attached to an aromatic ring is 1. The Balaban J connectivity index is 1.36. The van der Waals surface area contributed by atoms with Gasteiger partial charge >= 0.3 is 11.9 Å². The summed E-state index contributed by atoms with van der Waals surface area (Å²) < 4.78 is 15.1. The van der Waals surface area contributed by atoms with Crippen molar-refractivity contribution < 1.29 is 23.8 Å². The van der Waals surface area contributed by atoms with Crippen LogP contribution in [0.4, 0.5) is 22.7 Å². The Kier molecular flexibility index (Phi) is 7.31. The topological polar surface area (TPSA) is 106 Å². The molecule has 3 N–H and O–H groups in total. The second-order valence-corrected chi connectivity index (χ2v) is 8.10. The molecule has 2 aliphatic rings. The lowest BCUT2D eigenvalue weighted by molar-refractivity contribution is -0.142. The van der Waals surface area contributed by atoms with E-state index in [0.29, 0.717) is 30.2 Å². The van der Waals surface area contributed by atoms with Crippen LogP contribution in [0.3, 0.4) is 0 Å². The average molecular weight is 455 g/mol. The Bertz CT molecular complexity index is 991. The molecule has 0 spiro atoms. The molecule has 2 aromatic carbocycles. The molecule has 2 aliphatic heterocycles. The fourth-order valence-corrected chi connectivity index (χ4v) is 4.15. The normalized spacial score (nSPS) is 18.8. The molecule has 0 bridgehead atoms. The van der Waals surface area contributed by atoms with Crippen molar-refractivity contribution in [2.75, 3.05) is 69.1 Å². The van der Waals surface area contributed by atoms with Gasteiger partial charge in [-0.1, -0.05) is 6.07 Å². The van der Waals surface area contributed by atoms with Gasteiger partial charge in [0.15, 0.2) is 0 Å². The van der Waals surface area contributed by atoms with Crippen molar-refractivity contribution in [2.45, 2.75) is 12.5 Å². The van der Waals surface area contributed by atoms with Crippen molar-refractivity contribution >= 4 is 34.7 Å². The summed E-state index contributed by atoms with van der Waals surface area (Å²) in [4.78, 5) is 28.5. The Morgan fingerprint density at radius 2 is 1.97 bits per heavy atom. The van der Waals surface area contributed by atoms with Crippen molar-refractivity contribution in [3.63, 3.8) is 0 Å². The molecule has 2 saturated heterocycles. The van der Waals surface area contributed by atoms with E-state index in [1.165, 1.54) is 0 Å². The molecule has 0 aliphatic carbocycles. The van der Waals surface area contributed by atoms with Crippen LogP contribution in [-0.4, -0.2) is 76.0 Å². The van der Waals surface area contributed by atoms with Gasteiger partial charge in [-0.3, -0.25) is 9.69 Å². The second-order valence-electron chi connectivity index (χ2n) is 8.10. The highest BCUT2D eigenvalue weighted by Crippen LogP contribution is 2.28. The van der Waals surface area contributed by atoms with Gasteiger partial charge in [0.1, 0.15) is 12.6 Å². The molecule has 0 saturated carbocycles. The monoisotopic (exact) mass is 454 g/mol. The Morgan fingerprint density at radius 1 is 1.15 bits per heavy atom. The molecule has 0 aromatic heterocycles. The predicted molar refractivity (Wildman–Crippen MR) is 126 cm³/mol. The average Bonchev–Trinajstić information content (AvgIpc) is 3.26. The van der Waals surface area contributed by atoms with Crippen molar-refractivity contribution in [3.05, 3.63) is 48.0 Å². The number of benzene rings is 2. The van der Waals surface area contributed by atoms with Crippen LogP contribution in [0.25, 0.3) is 0 Å². The first-order valence-corrected chi connectivity index (χ1v) is 11.1. The number of hydrogen-bond donors (Lipinski definition) is 2. The number of hydrogen-bond acceptors (Lipinski definition) is 9. The van der Waals surface area contributed by atoms with E-state index in [1.807, 2.05) is 12.1 Å². The summed E-state index contributed by atoms with van der Waals surface area (Å²) in [6.45, 7) is 4.40. The molecule has 2 aromatic rings. The zero-order valence-electron chi connectivity index (χ0n) is 18.8. The number of nitrogens with one attached hydrogen (secondary N) is 1. The Morgan fingerprint density at radius 3 is 2.67 bits per heavy atom. The molecule has 2 heterocycles. The number of cyclic esters (lactones) is 1.